The fraction of sp³-hybridized carbons (Fsp3) is 0.238. The highest BCUT2D eigenvalue weighted by molar-refractivity contribution is 5.95. The number of hydroxylamine groups is 1. The zero-order chi connectivity index (χ0) is 20.8. The fourth-order valence-electron chi connectivity index (χ4n) is 4.10. The number of hydrogen-bond donors (Lipinski definition) is 2. The Bertz CT molecular complexity index is 1140. The molecule has 1 atom stereocenters. The molecule has 1 heterocycles. The van der Waals surface area contributed by atoms with Gasteiger partial charge in [0.05, 0.1) is 17.1 Å². The molecular weight excluding hydrogens is 383 g/mol. The van der Waals surface area contributed by atoms with E-state index in [4.69, 9.17) is 0 Å². The molecule has 0 spiro atoms. The Morgan fingerprint density at radius 3 is 2.83 bits per heavy atom. The van der Waals surface area contributed by atoms with Gasteiger partial charge in [0.1, 0.15) is 5.82 Å². The maximum Gasteiger partial charge on any atom is 0.333 e. The van der Waals surface area contributed by atoms with Crippen LogP contribution in [0.5, 0.6) is 0 Å². The summed E-state index contributed by atoms with van der Waals surface area (Å²) in [6.07, 6.45) is 3.82. The molecule has 1 aliphatic rings. The lowest BCUT2D eigenvalue weighted by atomic mass is 9.77. The summed E-state index contributed by atoms with van der Waals surface area (Å²) in [5, 5.41) is 13.6. The van der Waals surface area contributed by atoms with E-state index in [1.807, 2.05) is 0 Å². The second-order valence-corrected chi connectivity index (χ2v) is 7.13. The van der Waals surface area contributed by atoms with Crippen LogP contribution in [-0.2, 0) is 10.2 Å². The Morgan fingerprint density at radius 2 is 2.10 bits per heavy atom. The van der Waals surface area contributed by atoms with Crippen LogP contribution in [0.25, 0.3) is 16.5 Å². The van der Waals surface area contributed by atoms with Crippen LogP contribution >= 0.6 is 0 Å². The zero-order valence-electron chi connectivity index (χ0n) is 15.5. The summed E-state index contributed by atoms with van der Waals surface area (Å²) in [6, 6.07) is 9.55. The molecule has 0 aliphatic heterocycles. The van der Waals surface area contributed by atoms with Crippen LogP contribution in [0.4, 0.5) is 13.2 Å². The van der Waals surface area contributed by atoms with Gasteiger partial charge in [-0.2, -0.15) is 13.9 Å². The SMILES string of the molecule is Cc1c(F)cccc1C1(C(=O)NO)C=C(c2ccc3cnn(C(F)F)c3c2)CC1. The molecular formula is C21H18F3N3O2. The molecule has 0 saturated heterocycles. The van der Waals surface area contributed by atoms with Crippen molar-refractivity contribution in [3.8, 4) is 0 Å². The lowest BCUT2D eigenvalue weighted by molar-refractivity contribution is -0.133. The van der Waals surface area contributed by atoms with Crippen molar-refractivity contribution in [2.75, 3.05) is 0 Å². The van der Waals surface area contributed by atoms with E-state index in [1.165, 1.54) is 18.3 Å². The lowest BCUT2D eigenvalue weighted by Gasteiger charge is -2.27. The number of carbonyl (C=O) groups is 1. The summed E-state index contributed by atoms with van der Waals surface area (Å²) < 4.78 is 41.2. The Hall–Kier alpha value is -3.13. The zero-order valence-corrected chi connectivity index (χ0v) is 15.5. The second-order valence-electron chi connectivity index (χ2n) is 7.13. The van der Waals surface area contributed by atoms with Crippen LogP contribution in [0, 0.1) is 12.7 Å². The first-order valence-electron chi connectivity index (χ1n) is 9.05. The molecule has 1 amide bonds. The van der Waals surface area contributed by atoms with Crippen LogP contribution in [0.15, 0.2) is 48.7 Å². The molecule has 8 heteroatoms. The molecule has 1 unspecified atom stereocenters. The number of nitrogens with zero attached hydrogens (tertiary/aromatic N) is 2. The van der Waals surface area contributed by atoms with E-state index in [2.05, 4.69) is 5.10 Å². The number of rotatable bonds is 4. The van der Waals surface area contributed by atoms with Gasteiger partial charge in [0.15, 0.2) is 0 Å². The molecule has 0 saturated carbocycles. The third-order valence-electron chi connectivity index (χ3n) is 5.62. The highest BCUT2D eigenvalue weighted by atomic mass is 19.3. The third-order valence-corrected chi connectivity index (χ3v) is 5.62. The van der Waals surface area contributed by atoms with Crippen molar-refractivity contribution in [2.24, 2.45) is 0 Å². The summed E-state index contributed by atoms with van der Waals surface area (Å²) >= 11 is 0. The van der Waals surface area contributed by atoms with Gasteiger partial charge in [-0.15, -0.1) is 0 Å². The van der Waals surface area contributed by atoms with E-state index < -0.39 is 23.7 Å². The van der Waals surface area contributed by atoms with Crippen molar-refractivity contribution in [3.05, 3.63) is 71.2 Å². The van der Waals surface area contributed by atoms with Gasteiger partial charge in [0, 0.05) is 5.39 Å². The minimum Gasteiger partial charge on any atom is -0.289 e. The highest BCUT2D eigenvalue weighted by Crippen LogP contribution is 2.44. The van der Waals surface area contributed by atoms with Gasteiger partial charge in [-0.1, -0.05) is 30.3 Å². The second kappa shape index (κ2) is 7.04. The first-order chi connectivity index (χ1) is 13.9. The molecule has 2 aromatic carbocycles. The summed E-state index contributed by atoms with van der Waals surface area (Å²) in [4.78, 5) is 12.6. The summed E-state index contributed by atoms with van der Waals surface area (Å²) in [7, 11) is 0. The molecule has 2 N–H and O–H groups in total. The van der Waals surface area contributed by atoms with Crippen molar-refractivity contribution in [2.45, 2.75) is 31.7 Å². The molecule has 4 rings (SSSR count). The molecule has 3 aromatic rings. The van der Waals surface area contributed by atoms with E-state index in [0.29, 0.717) is 39.6 Å². The smallest absolute Gasteiger partial charge is 0.289 e. The normalized spacial score (nSPS) is 19.0. The molecule has 29 heavy (non-hydrogen) atoms. The monoisotopic (exact) mass is 401 g/mol. The van der Waals surface area contributed by atoms with E-state index in [0.717, 1.165) is 5.57 Å². The molecule has 0 bridgehead atoms. The molecule has 5 nitrogen and oxygen atoms in total. The quantitative estimate of drug-likeness (QED) is 0.500. The number of amides is 1. The van der Waals surface area contributed by atoms with Crippen molar-refractivity contribution < 1.29 is 23.2 Å². The van der Waals surface area contributed by atoms with Crippen LogP contribution in [-0.4, -0.2) is 20.9 Å². The number of benzene rings is 2. The number of aromatic nitrogens is 2. The maximum absolute atomic E-state index is 14.2. The topological polar surface area (TPSA) is 67.2 Å². The number of alkyl halides is 2. The van der Waals surface area contributed by atoms with Gasteiger partial charge >= 0.3 is 6.55 Å². The number of carbonyl (C=O) groups excluding carboxylic acids is 1. The van der Waals surface area contributed by atoms with Crippen LogP contribution in [0.1, 0.15) is 36.1 Å². The first kappa shape index (κ1) is 19.2. The number of fused-ring (bicyclic) bond motifs is 1. The number of nitrogens with one attached hydrogen (secondary N) is 1. The fourth-order valence-corrected chi connectivity index (χ4v) is 4.10. The minimum atomic E-state index is -2.77. The Kier molecular flexibility index (Phi) is 4.66. The number of halogens is 3. The predicted molar refractivity (Wildman–Crippen MR) is 101 cm³/mol. The lowest BCUT2D eigenvalue weighted by Crippen LogP contribution is -2.41. The van der Waals surface area contributed by atoms with Gasteiger partial charge in [-0.3, -0.25) is 10.0 Å². The minimum absolute atomic E-state index is 0.282. The highest BCUT2D eigenvalue weighted by Gasteiger charge is 2.43. The van der Waals surface area contributed by atoms with Crippen molar-refractivity contribution in [3.63, 3.8) is 0 Å². The van der Waals surface area contributed by atoms with Gasteiger partial charge in [0.25, 0.3) is 5.91 Å². The van der Waals surface area contributed by atoms with Crippen molar-refractivity contribution in [1.82, 2.24) is 15.3 Å². The summed E-state index contributed by atoms with van der Waals surface area (Å²) in [5.74, 6) is -1.11. The number of hydrogen-bond acceptors (Lipinski definition) is 3. The van der Waals surface area contributed by atoms with E-state index in [-0.39, 0.29) is 5.52 Å². The standard InChI is InChI=1S/C21H18F3N3O2/c1-12-16(3-2-4-17(12)22)21(19(28)26-29)8-7-14(10-21)13-5-6-15-11-25-27(20(23)24)18(15)9-13/h2-6,9-11,20,29H,7-8H2,1H3,(H,26,28). The van der Waals surface area contributed by atoms with Crippen molar-refractivity contribution in [1.29, 1.82) is 0 Å². The average Bonchev–Trinajstić information content (AvgIpc) is 3.34. The van der Waals surface area contributed by atoms with E-state index >= 15 is 0 Å². The molecule has 0 fully saturated rings. The first-order valence-corrected chi connectivity index (χ1v) is 9.05. The van der Waals surface area contributed by atoms with Gasteiger partial charge in [0.2, 0.25) is 0 Å². The Labute approximate surface area is 164 Å². The van der Waals surface area contributed by atoms with Crippen LogP contribution < -0.4 is 5.48 Å². The van der Waals surface area contributed by atoms with Gasteiger partial charge < -0.3 is 0 Å². The largest absolute Gasteiger partial charge is 0.333 e. The Balaban J connectivity index is 1.85. The van der Waals surface area contributed by atoms with Crippen LogP contribution in [0.3, 0.4) is 0 Å². The van der Waals surface area contributed by atoms with E-state index in [9.17, 15) is 23.2 Å². The Morgan fingerprint density at radius 1 is 1.31 bits per heavy atom. The summed E-state index contributed by atoms with van der Waals surface area (Å²) in [5.41, 5.74) is 2.92. The van der Waals surface area contributed by atoms with Gasteiger partial charge in [-0.25, -0.2) is 14.6 Å². The number of allylic oxidation sites excluding steroid dienone is 1. The summed E-state index contributed by atoms with van der Waals surface area (Å²) in [6.45, 7) is -1.19. The van der Waals surface area contributed by atoms with Crippen molar-refractivity contribution >= 4 is 22.4 Å². The molecule has 0 radical (unpaired) electrons. The predicted octanol–water partition coefficient (Wildman–Crippen LogP) is 4.50. The average molecular weight is 401 g/mol. The third kappa shape index (κ3) is 3.00. The molecule has 1 aromatic heterocycles. The molecule has 150 valence electrons. The van der Waals surface area contributed by atoms with E-state index in [1.54, 1.807) is 42.7 Å². The maximum atomic E-state index is 14.2. The van der Waals surface area contributed by atoms with Gasteiger partial charge in [-0.05, 0) is 54.2 Å². The molecule has 1 aliphatic carbocycles. The van der Waals surface area contributed by atoms with Crippen LogP contribution in [0.2, 0.25) is 0 Å².